The highest BCUT2D eigenvalue weighted by Gasteiger charge is 2.43. The minimum Gasteiger partial charge on any atom is -0.398 e. The van der Waals surface area contributed by atoms with E-state index in [4.69, 9.17) is 34.4 Å². The van der Waals surface area contributed by atoms with Crippen molar-refractivity contribution in [3.63, 3.8) is 0 Å². The first-order chi connectivity index (χ1) is 70.5. The zero-order chi connectivity index (χ0) is 107. The number of hydrogen-bond donors (Lipinski definition) is 7. The summed E-state index contributed by atoms with van der Waals surface area (Å²) in [5.41, 5.74) is 46.6. The van der Waals surface area contributed by atoms with Gasteiger partial charge in [0.2, 0.25) is 11.7 Å². The molecule has 0 bridgehead atoms. The summed E-state index contributed by atoms with van der Waals surface area (Å²) >= 11 is 0. The molecule has 23 rings (SSSR count). The molecule has 0 fully saturated rings. The number of aromatic nitrogens is 28. The van der Waals surface area contributed by atoms with E-state index in [1.54, 1.807) is 145 Å². The number of ketones is 3. The molecule has 0 spiro atoms. The summed E-state index contributed by atoms with van der Waals surface area (Å²) in [7, 11) is 0. The Morgan fingerprint density at radius 3 is 1.58 bits per heavy atom. The summed E-state index contributed by atoms with van der Waals surface area (Å²) in [5.74, 6) is 3.23. The predicted octanol–water partition coefficient (Wildman–Crippen LogP) is 17.1. The number of hydrogen-bond acceptors (Lipinski definition) is 32. The molecule has 47 heteroatoms. The van der Waals surface area contributed by atoms with Crippen LogP contribution in [0.25, 0.3) is 67.0 Å². The Morgan fingerprint density at radius 1 is 0.405 bits per heavy atom. The molecule has 148 heavy (non-hydrogen) atoms. The van der Waals surface area contributed by atoms with Crippen molar-refractivity contribution in [3.05, 3.63) is 205 Å². The average Bonchev–Trinajstić information content (AvgIpc) is 1.60. The van der Waals surface area contributed by atoms with E-state index in [1.807, 2.05) is 135 Å². The summed E-state index contributed by atoms with van der Waals surface area (Å²) in [6, 6.07) is 16.5. The number of fused-ring (bicyclic) bond motifs is 13. The number of anilines is 7. The number of nitrogens with one attached hydrogen (secondary N) is 1. The molecule has 18 aromatic rings. The van der Waals surface area contributed by atoms with Gasteiger partial charge in [0.25, 0.3) is 11.5 Å². The maximum absolute atomic E-state index is 13.5. The topological polar surface area (TPSA) is 571 Å². The second-order valence-corrected chi connectivity index (χ2v) is 38.0. The molecule has 2 atom stereocenters. The lowest BCUT2D eigenvalue weighted by molar-refractivity contribution is -0.119. The highest BCUT2D eigenvalue weighted by molar-refractivity contribution is 6.11. The number of carbonyl (C=O) groups is 4. The number of aliphatic imine (C=N–C) groups is 4. The monoisotopic (exact) mass is 2020 g/mol. The Labute approximate surface area is 851 Å². The van der Waals surface area contributed by atoms with Crippen LogP contribution in [-0.2, 0) is 4.79 Å². The number of nitrogen functional groups attached to an aromatic ring is 6. The Balaban J connectivity index is 0.000000136. The first kappa shape index (κ1) is 108. The van der Waals surface area contributed by atoms with E-state index in [0.29, 0.717) is 140 Å². The average molecular weight is 2020 g/mol. The Hall–Kier alpha value is -17.3. The summed E-state index contributed by atoms with van der Waals surface area (Å²) in [6.07, 6.45) is 38.1. The van der Waals surface area contributed by atoms with Crippen molar-refractivity contribution in [1.82, 2.24) is 140 Å². The van der Waals surface area contributed by atoms with Gasteiger partial charge in [0, 0.05) is 190 Å². The van der Waals surface area contributed by atoms with E-state index in [-0.39, 0.29) is 83.0 Å². The lowest BCUT2D eigenvalue weighted by Gasteiger charge is -2.34. The minimum absolute atomic E-state index is 0.0376. The fraction of sp³-hybridized carbons (Fsp3) is 0.376. The van der Waals surface area contributed by atoms with E-state index in [9.17, 15) is 32.8 Å². The number of nitrogens with two attached hydrogens (primary N) is 6. The fourth-order valence-electron chi connectivity index (χ4n) is 16.1. The summed E-state index contributed by atoms with van der Waals surface area (Å²) in [4.78, 5) is 122. The zero-order valence-electron chi connectivity index (χ0n) is 87.0. The summed E-state index contributed by atoms with van der Waals surface area (Å²) in [5, 5.41) is 24.2. The molecule has 5 aliphatic rings. The quantitative estimate of drug-likeness (QED) is 0.0632. The third-order valence-electron chi connectivity index (χ3n) is 23.8. The molecule has 0 saturated carbocycles. The highest BCUT2D eigenvalue weighted by atomic mass is 19.1. The maximum Gasteiger partial charge on any atom is 0.258 e. The molecule has 5 aliphatic heterocycles. The van der Waals surface area contributed by atoms with Crippen molar-refractivity contribution in [1.29, 1.82) is 0 Å². The number of amides is 1. The number of nitrogens with zero attached hydrogens (tertiary/aromatic N) is 33. The van der Waals surface area contributed by atoms with E-state index in [2.05, 4.69) is 198 Å². The lowest BCUT2D eigenvalue weighted by atomic mass is 10.1. The first-order valence-electron chi connectivity index (χ1n) is 48.6. The van der Waals surface area contributed by atoms with Gasteiger partial charge in [0.1, 0.15) is 40.9 Å². The normalized spacial score (nSPS) is 14.0. The van der Waals surface area contributed by atoms with Crippen molar-refractivity contribution >= 4 is 173 Å². The van der Waals surface area contributed by atoms with E-state index in [0.717, 1.165) is 56.3 Å². The van der Waals surface area contributed by atoms with Gasteiger partial charge in [0.05, 0.1) is 82.7 Å². The van der Waals surface area contributed by atoms with Gasteiger partial charge in [-0.2, -0.15) is 5.10 Å². The largest absolute Gasteiger partial charge is 0.398 e. The number of halogens is 2. The van der Waals surface area contributed by atoms with Crippen LogP contribution in [0, 0.1) is 11.6 Å². The van der Waals surface area contributed by atoms with Crippen molar-refractivity contribution < 1.29 is 28.0 Å². The van der Waals surface area contributed by atoms with Crippen LogP contribution in [0.2, 0.25) is 0 Å². The van der Waals surface area contributed by atoms with Gasteiger partial charge >= 0.3 is 0 Å². The van der Waals surface area contributed by atoms with Crippen LogP contribution in [0.5, 0.6) is 0 Å². The predicted molar refractivity (Wildman–Crippen MR) is 573 cm³/mol. The molecule has 45 nitrogen and oxygen atoms in total. The van der Waals surface area contributed by atoms with Gasteiger partial charge in [-0.05, 0) is 187 Å². The molecule has 1 amide bonds. The van der Waals surface area contributed by atoms with Gasteiger partial charge < -0.3 is 71.3 Å². The van der Waals surface area contributed by atoms with Crippen LogP contribution in [0.15, 0.2) is 185 Å². The smallest absolute Gasteiger partial charge is 0.258 e. The number of pyridine rings is 4. The summed E-state index contributed by atoms with van der Waals surface area (Å²) < 4.78 is 49.1. The van der Waals surface area contributed by atoms with Crippen LogP contribution in [0.1, 0.15) is 275 Å². The fourth-order valence-corrected chi connectivity index (χ4v) is 16.1. The Bertz CT molecular complexity index is 7360. The summed E-state index contributed by atoms with van der Waals surface area (Å²) in [6.45, 7) is 45.0. The number of carbonyl (C=O) groups excluding carboxylic acids is 4. The third-order valence-corrected chi connectivity index (χ3v) is 23.8. The van der Waals surface area contributed by atoms with Gasteiger partial charge in [-0.1, -0.05) is 24.3 Å². The molecule has 0 saturated heterocycles. The zero-order valence-corrected chi connectivity index (χ0v) is 87.0. The number of imidazole rings is 5. The Morgan fingerprint density at radius 2 is 0.946 bits per heavy atom. The molecular formula is C101H128F2N40O5. The van der Waals surface area contributed by atoms with E-state index >= 15 is 0 Å². The first-order valence-corrected chi connectivity index (χ1v) is 48.6. The molecule has 776 valence electrons. The maximum atomic E-state index is 13.5. The molecule has 0 aliphatic carbocycles. The van der Waals surface area contributed by atoms with Crippen LogP contribution < -0.4 is 45.3 Å². The van der Waals surface area contributed by atoms with Crippen molar-refractivity contribution in [2.75, 3.05) is 39.7 Å². The van der Waals surface area contributed by atoms with E-state index in [1.165, 1.54) is 24.9 Å². The van der Waals surface area contributed by atoms with Gasteiger partial charge in [0.15, 0.2) is 86.0 Å². The number of Topliss-reactive ketones (excluding diaryl/α,β-unsaturated/α-hetero) is 3. The van der Waals surface area contributed by atoms with Crippen molar-refractivity contribution in [2.45, 2.75) is 250 Å². The molecular weight excluding hydrogens is 1890 g/mol. The highest BCUT2D eigenvalue weighted by Crippen LogP contribution is 2.37. The minimum atomic E-state index is -0.462. The van der Waals surface area contributed by atoms with Crippen molar-refractivity contribution in [3.8, 4) is 0 Å². The van der Waals surface area contributed by atoms with Gasteiger partial charge in [-0.15, -0.1) is 10.2 Å². The number of rotatable bonds is 11. The second kappa shape index (κ2) is 47.0. The Kier molecular flexibility index (Phi) is 34.3. The van der Waals surface area contributed by atoms with E-state index < -0.39 is 5.82 Å². The second-order valence-electron chi connectivity index (χ2n) is 38.0. The molecule has 0 radical (unpaired) electrons. The van der Waals surface area contributed by atoms with Crippen LogP contribution in [0.4, 0.5) is 66.4 Å². The van der Waals surface area contributed by atoms with Crippen LogP contribution in [0.3, 0.4) is 0 Å². The molecule has 23 heterocycles. The third kappa shape index (κ3) is 23.7. The molecule has 18 aromatic heterocycles. The molecule has 0 aromatic carbocycles. The van der Waals surface area contributed by atoms with Crippen LogP contribution in [-0.4, -0.2) is 201 Å². The molecule has 13 N–H and O–H groups in total. The van der Waals surface area contributed by atoms with Gasteiger partial charge in [-0.25, -0.2) is 92.5 Å². The molecule has 2 unspecified atom stereocenters. The van der Waals surface area contributed by atoms with Crippen molar-refractivity contribution in [2.24, 2.45) is 20.0 Å². The van der Waals surface area contributed by atoms with Crippen LogP contribution >= 0.6 is 0 Å². The van der Waals surface area contributed by atoms with Gasteiger partial charge in [-0.3, -0.25) is 43.2 Å². The SMILES string of the molecule is CC(C)N1C=NC2C(=O)Nc3nccn3C21.CC(C)c1cnc2c(N)ccnn12.CC(C)n1cc(F)c2c(N)ccnc21.CC(C)n1cc(F)c2c1N=CCC2=O.CC(C)n1ccc(=O)n2ccnc12.CC(C)n1ccc2c(N)ccnc21.CC(C)n1ccc2c1N=CCC2=O.CC(C)n1cnc2c(N)ccnc21.CC(C)n1cnc2c1N=CCC2=O.CC(C)n1nnc2c(N)ccnc21.CC(C)n1nnc2c(N)ncnc21. The standard InChI is InChI=1S/C10H12FN3.C10H11FN2O.C10H13N5O.C10H13N3.C10H12N2O.2C9H12N4.2C9H11N3O.C8H11N5.C7H10N6/c1-6(2)14-5-7(11)9-8(12)3-4-13-10(9)14;1-6(2)13-5-7(11)9-8(14)3-4-12-10(9)13;1-6(2)15-5-12-7-8(16)13-10-11-3-4-14(10)9(7)15;1-7(2)13-6-4-8-9(11)3-5-12-10(8)13;1-7(2)12-6-4-8-9(13)3-5-11-10(8)12;1-6(2)13-5-12-8-7(10)3-4-11-9(8)13;1-6(2)8-5-11-9-7(10)3-4-12-13(8)9;1-7(2)11-5-3-8(13)12-6-4-10-9(11)12;1-6(2)12-5-11-8-7(13)3-4-10-9(8)12;1-5(2)13-8-7(11-12-13)6(9)3-4-10-8;1-4(2)13-7-5(11-12-13)6(8)9-3-10-7/h3-6H,1-2H3,(H2,12,13);4-6H,3H2,1-2H3;3-7,9H,1-2H3,(H,11,13,16);3-7H,1-2H3,(H2,11,12);4-7H,3H2,1-2H3;3-6H,1-2H3,(H2,10,11);3-6H,10H2,1-2H3;3-7H,1-2H3;4-6H,3H2,1-2H3;3-5H,1-2H3,(H2,9,10);3-4H,1-2H3,(H2,8,9,10). The lowest BCUT2D eigenvalue weighted by Crippen LogP contribution is -2.46.